The molecule has 0 aliphatic carbocycles. The number of para-hydroxylation sites is 2. The van der Waals surface area contributed by atoms with Gasteiger partial charge < -0.3 is 24.7 Å². The zero-order chi connectivity index (χ0) is 17.2. The molecule has 2 aromatic rings. The van der Waals surface area contributed by atoms with E-state index in [4.69, 9.17) is 24.7 Å². The van der Waals surface area contributed by atoms with Crippen molar-refractivity contribution in [1.29, 1.82) is 0 Å². The van der Waals surface area contributed by atoms with E-state index in [1.807, 2.05) is 49.4 Å². The van der Waals surface area contributed by atoms with Crippen LogP contribution in [0.2, 0.25) is 0 Å². The molecule has 0 amide bonds. The summed E-state index contributed by atoms with van der Waals surface area (Å²) in [5, 5.41) is 0. The van der Waals surface area contributed by atoms with Crippen LogP contribution in [0.4, 0.5) is 0 Å². The lowest BCUT2D eigenvalue weighted by atomic mass is 10.1. The summed E-state index contributed by atoms with van der Waals surface area (Å²) in [5.41, 5.74) is 6.71. The zero-order valence-corrected chi connectivity index (χ0v) is 14.3. The predicted octanol–water partition coefficient (Wildman–Crippen LogP) is 3.05. The molecule has 0 aliphatic heterocycles. The Kier molecular flexibility index (Phi) is 7.23. The van der Waals surface area contributed by atoms with Crippen molar-refractivity contribution in [1.82, 2.24) is 0 Å². The molecule has 0 radical (unpaired) electrons. The van der Waals surface area contributed by atoms with E-state index in [-0.39, 0.29) is 0 Å². The lowest BCUT2D eigenvalue weighted by Gasteiger charge is -2.14. The Labute approximate surface area is 143 Å². The van der Waals surface area contributed by atoms with Gasteiger partial charge in [-0.2, -0.15) is 0 Å². The molecule has 0 saturated heterocycles. The van der Waals surface area contributed by atoms with Gasteiger partial charge in [-0.25, -0.2) is 0 Å². The number of ether oxygens (including phenoxy) is 4. The van der Waals surface area contributed by atoms with Gasteiger partial charge in [0, 0.05) is 6.07 Å². The van der Waals surface area contributed by atoms with Crippen LogP contribution in [0.15, 0.2) is 42.5 Å². The van der Waals surface area contributed by atoms with Crippen molar-refractivity contribution in [2.75, 3.05) is 33.5 Å². The summed E-state index contributed by atoms with van der Waals surface area (Å²) in [4.78, 5) is 0. The summed E-state index contributed by atoms with van der Waals surface area (Å²) in [6.07, 6.45) is 0.757. The Bertz CT molecular complexity index is 631. The van der Waals surface area contributed by atoms with Crippen LogP contribution in [-0.4, -0.2) is 33.5 Å². The molecule has 0 heterocycles. The molecule has 2 aromatic carbocycles. The van der Waals surface area contributed by atoms with Crippen molar-refractivity contribution in [2.24, 2.45) is 5.73 Å². The highest BCUT2D eigenvalue weighted by molar-refractivity contribution is 5.41. The van der Waals surface area contributed by atoms with E-state index in [0.717, 1.165) is 35.0 Å². The minimum atomic E-state index is 0.420. The molecular formula is C19H25NO4. The highest BCUT2D eigenvalue weighted by Crippen LogP contribution is 2.27. The van der Waals surface area contributed by atoms with E-state index in [1.54, 1.807) is 7.11 Å². The van der Waals surface area contributed by atoms with Crippen LogP contribution in [0.1, 0.15) is 12.5 Å². The topological polar surface area (TPSA) is 62.9 Å². The second-order valence-corrected chi connectivity index (χ2v) is 5.09. The summed E-state index contributed by atoms with van der Waals surface area (Å²) < 4.78 is 22.4. The molecule has 0 atom stereocenters. The fraction of sp³-hybridized carbons (Fsp3) is 0.368. The van der Waals surface area contributed by atoms with Gasteiger partial charge in [0.15, 0.2) is 11.5 Å². The van der Waals surface area contributed by atoms with E-state index >= 15 is 0 Å². The van der Waals surface area contributed by atoms with Crippen LogP contribution in [0.3, 0.4) is 0 Å². The Morgan fingerprint density at radius 3 is 2.17 bits per heavy atom. The Balaban J connectivity index is 1.92. The van der Waals surface area contributed by atoms with Crippen molar-refractivity contribution in [3.8, 4) is 23.0 Å². The first kappa shape index (κ1) is 17.9. The summed E-state index contributed by atoms with van der Waals surface area (Å²) >= 11 is 0. The molecule has 0 fully saturated rings. The molecule has 130 valence electrons. The fourth-order valence-electron chi connectivity index (χ4n) is 2.31. The van der Waals surface area contributed by atoms with Gasteiger partial charge in [-0.3, -0.25) is 0 Å². The van der Waals surface area contributed by atoms with Crippen LogP contribution >= 0.6 is 0 Å². The normalized spacial score (nSPS) is 10.3. The van der Waals surface area contributed by atoms with E-state index in [1.165, 1.54) is 0 Å². The maximum Gasteiger partial charge on any atom is 0.161 e. The summed E-state index contributed by atoms with van der Waals surface area (Å²) in [7, 11) is 1.63. The molecule has 0 aliphatic rings. The molecule has 2 N–H and O–H groups in total. The Morgan fingerprint density at radius 2 is 1.54 bits per heavy atom. The standard InChI is InChI=1S/C19H25NO4/c1-3-22-17-6-4-5-7-18(17)23-12-13-24-19-14-16(21-2)9-8-15(19)10-11-20/h4-9,14H,3,10-13,20H2,1-2H3. The first-order chi connectivity index (χ1) is 11.8. The quantitative estimate of drug-likeness (QED) is 0.678. The first-order valence-corrected chi connectivity index (χ1v) is 8.13. The molecule has 5 heteroatoms. The predicted molar refractivity (Wildman–Crippen MR) is 94.4 cm³/mol. The minimum absolute atomic E-state index is 0.420. The van der Waals surface area contributed by atoms with Crippen LogP contribution < -0.4 is 24.7 Å². The summed E-state index contributed by atoms with van der Waals surface area (Å²) in [5.74, 6) is 3.00. The van der Waals surface area contributed by atoms with Crippen LogP contribution in [-0.2, 0) is 6.42 Å². The number of hydrogen-bond donors (Lipinski definition) is 1. The summed E-state index contributed by atoms with van der Waals surface area (Å²) in [6.45, 7) is 3.96. The molecule has 2 rings (SSSR count). The van der Waals surface area contributed by atoms with Crippen LogP contribution in [0.5, 0.6) is 23.0 Å². The van der Waals surface area contributed by atoms with Gasteiger partial charge in [0.05, 0.1) is 13.7 Å². The number of benzene rings is 2. The third kappa shape index (κ3) is 5.06. The summed E-state index contributed by atoms with van der Waals surface area (Å²) in [6, 6.07) is 13.4. The van der Waals surface area contributed by atoms with Gasteiger partial charge in [-0.15, -0.1) is 0 Å². The molecule has 0 unspecified atom stereocenters. The third-order valence-electron chi connectivity index (χ3n) is 3.44. The highest BCUT2D eigenvalue weighted by Gasteiger charge is 2.07. The van der Waals surface area contributed by atoms with E-state index in [9.17, 15) is 0 Å². The highest BCUT2D eigenvalue weighted by atomic mass is 16.5. The fourth-order valence-corrected chi connectivity index (χ4v) is 2.31. The molecule has 0 saturated carbocycles. The largest absolute Gasteiger partial charge is 0.497 e. The lowest BCUT2D eigenvalue weighted by molar-refractivity contribution is 0.207. The second-order valence-electron chi connectivity index (χ2n) is 5.09. The van der Waals surface area contributed by atoms with Gasteiger partial charge in [-0.1, -0.05) is 18.2 Å². The maximum atomic E-state index is 5.85. The lowest BCUT2D eigenvalue weighted by Crippen LogP contribution is -2.12. The average Bonchev–Trinajstić information content (AvgIpc) is 2.61. The van der Waals surface area contributed by atoms with Crippen LogP contribution in [0.25, 0.3) is 0 Å². The minimum Gasteiger partial charge on any atom is -0.497 e. The molecular weight excluding hydrogens is 306 g/mol. The Morgan fingerprint density at radius 1 is 0.875 bits per heavy atom. The molecule has 0 bridgehead atoms. The monoisotopic (exact) mass is 331 g/mol. The van der Waals surface area contributed by atoms with E-state index in [0.29, 0.717) is 26.4 Å². The maximum absolute atomic E-state index is 5.85. The third-order valence-corrected chi connectivity index (χ3v) is 3.44. The van der Waals surface area contributed by atoms with Crippen molar-refractivity contribution < 1.29 is 18.9 Å². The van der Waals surface area contributed by atoms with E-state index in [2.05, 4.69) is 0 Å². The van der Waals surface area contributed by atoms with Crippen molar-refractivity contribution in [2.45, 2.75) is 13.3 Å². The van der Waals surface area contributed by atoms with Gasteiger partial charge in [0.2, 0.25) is 0 Å². The average molecular weight is 331 g/mol. The smallest absolute Gasteiger partial charge is 0.161 e. The molecule has 0 aromatic heterocycles. The molecule has 24 heavy (non-hydrogen) atoms. The van der Waals surface area contributed by atoms with Gasteiger partial charge in [0.25, 0.3) is 0 Å². The van der Waals surface area contributed by atoms with Gasteiger partial charge >= 0.3 is 0 Å². The number of hydrogen-bond acceptors (Lipinski definition) is 5. The van der Waals surface area contributed by atoms with Crippen molar-refractivity contribution >= 4 is 0 Å². The molecule has 5 nitrogen and oxygen atoms in total. The SMILES string of the molecule is CCOc1ccccc1OCCOc1cc(OC)ccc1CCN. The number of methoxy groups -OCH3 is 1. The Hall–Kier alpha value is -2.40. The zero-order valence-electron chi connectivity index (χ0n) is 14.3. The first-order valence-electron chi connectivity index (χ1n) is 8.13. The van der Waals surface area contributed by atoms with Crippen molar-refractivity contribution in [3.05, 3.63) is 48.0 Å². The second kappa shape index (κ2) is 9.67. The molecule has 0 spiro atoms. The number of nitrogens with two attached hydrogens (primary N) is 1. The van der Waals surface area contributed by atoms with Crippen LogP contribution in [0, 0.1) is 0 Å². The van der Waals surface area contributed by atoms with Gasteiger partial charge in [0.1, 0.15) is 24.7 Å². The van der Waals surface area contributed by atoms with Gasteiger partial charge in [-0.05, 0) is 43.7 Å². The number of rotatable bonds is 10. The van der Waals surface area contributed by atoms with E-state index < -0.39 is 0 Å². The van der Waals surface area contributed by atoms with Crippen molar-refractivity contribution in [3.63, 3.8) is 0 Å².